The number of esters is 3. The largest absolute Gasteiger partial charge is 0.462 e. The van der Waals surface area contributed by atoms with Gasteiger partial charge < -0.3 is 14.2 Å². The van der Waals surface area contributed by atoms with Crippen LogP contribution >= 0.6 is 0 Å². The molecule has 0 aliphatic rings. The van der Waals surface area contributed by atoms with Gasteiger partial charge in [0.15, 0.2) is 6.10 Å². The second kappa shape index (κ2) is 66.6. The van der Waals surface area contributed by atoms with Gasteiger partial charge in [-0.15, -0.1) is 0 Å². The highest BCUT2D eigenvalue weighted by Crippen LogP contribution is 2.18. The second-order valence-corrected chi connectivity index (χ2v) is 23.1. The number of carbonyl (C=O) groups is 3. The molecule has 0 aliphatic carbocycles. The first kappa shape index (κ1) is 75.1. The van der Waals surface area contributed by atoms with Crippen molar-refractivity contribution in [2.75, 3.05) is 13.2 Å². The highest BCUT2D eigenvalue weighted by Gasteiger charge is 2.19. The van der Waals surface area contributed by atoms with Crippen molar-refractivity contribution in [1.82, 2.24) is 0 Å². The number of hydrogen-bond acceptors (Lipinski definition) is 6. The van der Waals surface area contributed by atoms with Gasteiger partial charge >= 0.3 is 17.9 Å². The molecule has 0 aliphatic heterocycles. The molecule has 0 heterocycles. The lowest BCUT2D eigenvalue weighted by molar-refractivity contribution is -0.167. The number of ether oxygens (including phenoxy) is 3. The Kier molecular flexibility index (Phi) is 64.2. The van der Waals surface area contributed by atoms with E-state index in [0.717, 1.165) is 89.9 Å². The fraction of sp³-hybridized carbons (Fsp3) is 0.819. The SMILES string of the molecule is CC/C=C\C/C=C\C/C=C\C/C=C\C/C=C\CCCCCCCCCCCCCCCC(=O)OCC(COC(=O)CCCCCCCCCCC)OC(=O)CCCCCCCCCCCCCCCCCCCCCCCC. The first-order valence-electron chi connectivity index (χ1n) is 34.3. The van der Waals surface area contributed by atoms with Crippen LogP contribution in [0.1, 0.15) is 361 Å². The van der Waals surface area contributed by atoms with Crippen LogP contribution in [0.15, 0.2) is 60.8 Å². The average molecular weight is 1090 g/mol. The topological polar surface area (TPSA) is 78.9 Å². The van der Waals surface area contributed by atoms with Crippen molar-refractivity contribution in [2.45, 2.75) is 367 Å². The van der Waals surface area contributed by atoms with E-state index in [4.69, 9.17) is 14.2 Å². The molecule has 0 saturated heterocycles. The third-order valence-electron chi connectivity index (χ3n) is 15.3. The van der Waals surface area contributed by atoms with Crippen molar-refractivity contribution in [3.8, 4) is 0 Å². The van der Waals surface area contributed by atoms with Crippen LogP contribution < -0.4 is 0 Å². The van der Waals surface area contributed by atoms with Gasteiger partial charge in [-0.1, -0.05) is 338 Å². The standard InChI is InChI=1S/C72H130O6/c1-4-7-10-13-16-19-21-23-25-27-29-31-33-34-35-36-37-38-39-41-42-44-46-48-50-53-56-59-62-65-71(74)77-68-69(67-76-70(73)64-61-58-55-52-18-15-12-9-6-3)78-72(75)66-63-60-57-54-51-49-47-45-43-40-32-30-28-26-24-22-20-17-14-11-8-5-2/h7,10,16,19,23,25,29,31,34-35,69H,4-6,8-9,11-15,17-18,20-22,24,26-28,30,32-33,36-68H2,1-3H3/b10-7-,19-16-,25-23-,31-29-,35-34-. The summed E-state index contributed by atoms with van der Waals surface area (Å²) in [5.74, 6) is -0.849. The monoisotopic (exact) mass is 1090 g/mol. The zero-order valence-corrected chi connectivity index (χ0v) is 52.2. The summed E-state index contributed by atoms with van der Waals surface area (Å²) in [6.07, 6.45) is 85.4. The van der Waals surface area contributed by atoms with Gasteiger partial charge in [0.25, 0.3) is 0 Å². The summed E-state index contributed by atoms with van der Waals surface area (Å²) in [5, 5.41) is 0. The fourth-order valence-electron chi connectivity index (χ4n) is 10.2. The van der Waals surface area contributed by atoms with Gasteiger partial charge in [-0.2, -0.15) is 0 Å². The minimum atomic E-state index is -0.770. The molecule has 0 radical (unpaired) electrons. The predicted octanol–water partition coefficient (Wildman–Crippen LogP) is 23.5. The highest BCUT2D eigenvalue weighted by atomic mass is 16.6. The van der Waals surface area contributed by atoms with E-state index in [-0.39, 0.29) is 31.1 Å². The molecule has 0 fully saturated rings. The van der Waals surface area contributed by atoms with Crippen molar-refractivity contribution in [2.24, 2.45) is 0 Å². The third kappa shape index (κ3) is 63.9. The molecule has 0 spiro atoms. The lowest BCUT2D eigenvalue weighted by atomic mass is 10.0. The van der Waals surface area contributed by atoms with Crippen LogP contribution in [0.25, 0.3) is 0 Å². The zero-order chi connectivity index (χ0) is 56.4. The Bertz CT molecular complexity index is 1390. The average Bonchev–Trinajstić information content (AvgIpc) is 3.44. The van der Waals surface area contributed by atoms with Crippen LogP contribution in [-0.2, 0) is 28.6 Å². The van der Waals surface area contributed by atoms with Gasteiger partial charge in [0.05, 0.1) is 0 Å². The molecule has 0 aromatic heterocycles. The van der Waals surface area contributed by atoms with Crippen LogP contribution in [0.2, 0.25) is 0 Å². The maximum absolute atomic E-state index is 12.9. The molecule has 1 unspecified atom stereocenters. The zero-order valence-electron chi connectivity index (χ0n) is 52.2. The molecule has 0 N–H and O–H groups in total. The maximum atomic E-state index is 12.9. The summed E-state index contributed by atoms with van der Waals surface area (Å²) < 4.78 is 16.9. The molecule has 78 heavy (non-hydrogen) atoms. The van der Waals surface area contributed by atoms with Crippen molar-refractivity contribution in [3.05, 3.63) is 60.8 Å². The molecule has 6 heteroatoms. The van der Waals surface area contributed by atoms with Crippen LogP contribution in [0.5, 0.6) is 0 Å². The number of carbonyl (C=O) groups excluding carboxylic acids is 3. The smallest absolute Gasteiger partial charge is 0.306 e. The van der Waals surface area contributed by atoms with E-state index >= 15 is 0 Å². The molecule has 0 aromatic carbocycles. The minimum Gasteiger partial charge on any atom is -0.462 e. The quantitative estimate of drug-likeness (QED) is 0.0261. The van der Waals surface area contributed by atoms with Crippen molar-refractivity contribution in [1.29, 1.82) is 0 Å². The summed E-state index contributed by atoms with van der Waals surface area (Å²) >= 11 is 0. The Morgan fingerprint density at radius 2 is 0.500 bits per heavy atom. The minimum absolute atomic E-state index is 0.0684. The predicted molar refractivity (Wildman–Crippen MR) is 339 cm³/mol. The Labute approximate surface area is 485 Å². The van der Waals surface area contributed by atoms with Gasteiger partial charge in [0.2, 0.25) is 0 Å². The molecule has 0 amide bonds. The number of hydrogen-bond donors (Lipinski definition) is 0. The van der Waals surface area contributed by atoms with Crippen molar-refractivity contribution in [3.63, 3.8) is 0 Å². The summed E-state index contributed by atoms with van der Waals surface area (Å²) in [6.45, 7) is 6.57. The summed E-state index contributed by atoms with van der Waals surface area (Å²) in [6, 6.07) is 0. The Hall–Kier alpha value is -2.89. The molecule has 1 atom stereocenters. The van der Waals surface area contributed by atoms with E-state index in [1.165, 1.54) is 231 Å². The van der Waals surface area contributed by atoms with Crippen LogP contribution in [0.3, 0.4) is 0 Å². The second-order valence-electron chi connectivity index (χ2n) is 23.1. The van der Waals surface area contributed by atoms with Crippen LogP contribution in [0.4, 0.5) is 0 Å². The molecule has 454 valence electrons. The van der Waals surface area contributed by atoms with E-state index in [9.17, 15) is 14.4 Å². The van der Waals surface area contributed by atoms with Crippen LogP contribution in [0, 0.1) is 0 Å². The molecule has 0 rings (SSSR count). The van der Waals surface area contributed by atoms with E-state index in [2.05, 4.69) is 81.5 Å². The number of rotatable bonds is 63. The van der Waals surface area contributed by atoms with E-state index in [1.54, 1.807) is 0 Å². The molecule has 0 bridgehead atoms. The van der Waals surface area contributed by atoms with Crippen molar-refractivity contribution < 1.29 is 28.6 Å². The Balaban J connectivity index is 4.13. The van der Waals surface area contributed by atoms with E-state index in [1.807, 2.05) is 0 Å². The van der Waals surface area contributed by atoms with Crippen LogP contribution in [-0.4, -0.2) is 37.2 Å². The first-order valence-corrected chi connectivity index (χ1v) is 34.3. The lowest BCUT2D eigenvalue weighted by Crippen LogP contribution is -2.30. The first-order chi connectivity index (χ1) is 38.5. The maximum Gasteiger partial charge on any atom is 0.306 e. The summed E-state index contributed by atoms with van der Waals surface area (Å²) in [7, 11) is 0. The van der Waals surface area contributed by atoms with Crippen molar-refractivity contribution >= 4 is 17.9 Å². The molecule has 6 nitrogen and oxygen atoms in total. The van der Waals surface area contributed by atoms with E-state index < -0.39 is 6.10 Å². The summed E-state index contributed by atoms with van der Waals surface area (Å²) in [5.41, 5.74) is 0. The van der Waals surface area contributed by atoms with Gasteiger partial charge in [-0.3, -0.25) is 14.4 Å². The number of allylic oxidation sites excluding steroid dienone is 10. The highest BCUT2D eigenvalue weighted by molar-refractivity contribution is 5.71. The molecule has 0 saturated carbocycles. The fourth-order valence-corrected chi connectivity index (χ4v) is 10.2. The van der Waals surface area contributed by atoms with Gasteiger partial charge in [0.1, 0.15) is 13.2 Å². The summed E-state index contributed by atoms with van der Waals surface area (Å²) in [4.78, 5) is 38.3. The van der Waals surface area contributed by atoms with E-state index in [0.29, 0.717) is 19.3 Å². The van der Waals surface area contributed by atoms with Gasteiger partial charge in [-0.25, -0.2) is 0 Å². The van der Waals surface area contributed by atoms with Gasteiger partial charge in [0, 0.05) is 19.3 Å². The molecular weight excluding hydrogens is 961 g/mol. The normalized spacial score (nSPS) is 12.4. The molecular formula is C72H130O6. The third-order valence-corrected chi connectivity index (χ3v) is 15.3. The lowest BCUT2D eigenvalue weighted by Gasteiger charge is -2.18. The Morgan fingerprint density at radius 3 is 0.782 bits per heavy atom. The van der Waals surface area contributed by atoms with Gasteiger partial charge in [-0.05, 0) is 64.2 Å². The number of unbranched alkanes of at least 4 members (excludes halogenated alkanes) is 42. The Morgan fingerprint density at radius 1 is 0.269 bits per heavy atom. The molecule has 0 aromatic rings.